The smallest absolute Gasteiger partial charge is 0.249 e. The molecule has 1 aromatic rings. The summed E-state index contributed by atoms with van der Waals surface area (Å²) in [7, 11) is -3.53. The third-order valence-electron chi connectivity index (χ3n) is 2.08. The maximum atomic E-state index is 11.7. The van der Waals surface area contributed by atoms with Gasteiger partial charge in [0.15, 0.2) is 9.84 Å². The zero-order chi connectivity index (χ0) is 11.2. The monoisotopic (exact) mass is 245 g/mol. The molecule has 5 nitrogen and oxygen atoms in total. The van der Waals surface area contributed by atoms with E-state index in [1.165, 1.54) is 6.07 Å². The van der Waals surface area contributed by atoms with E-state index < -0.39 is 21.5 Å². The van der Waals surface area contributed by atoms with Crippen LogP contribution in [-0.4, -0.2) is 25.2 Å². The molecule has 0 aliphatic carbocycles. The summed E-state index contributed by atoms with van der Waals surface area (Å²) >= 11 is 1.02. The number of rotatable bonds is 1. The molecule has 1 amide bonds. The highest BCUT2D eigenvalue weighted by Crippen LogP contribution is 2.35. The summed E-state index contributed by atoms with van der Waals surface area (Å²) in [4.78, 5) is 10.9. The summed E-state index contributed by atoms with van der Waals surface area (Å²) in [5, 5.41) is 11.2. The molecule has 1 aromatic heterocycles. The number of amides is 1. The topological polar surface area (TPSA) is 97.5 Å². The SMILES string of the molecule is NC(=O)C1=C(O)c2ccsc2S(=O)(=O)C1. The fourth-order valence-corrected chi connectivity index (χ4v) is 4.23. The van der Waals surface area contributed by atoms with Gasteiger partial charge in [-0.2, -0.15) is 0 Å². The van der Waals surface area contributed by atoms with Crippen molar-refractivity contribution in [3.8, 4) is 0 Å². The first-order valence-electron chi connectivity index (χ1n) is 3.96. The summed E-state index contributed by atoms with van der Waals surface area (Å²) in [6.07, 6.45) is 0. The van der Waals surface area contributed by atoms with Gasteiger partial charge in [-0.15, -0.1) is 11.3 Å². The van der Waals surface area contributed by atoms with Crippen molar-refractivity contribution in [3.63, 3.8) is 0 Å². The molecule has 80 valence electrons. The van der Waals surface area contributed by atoms with E-state index in [1.807, 2.05) is 0 Å². The van der Waals surface area contributed by atoms with Crippen LogP contribution in [0.15, 0.2) is 21.2 Å². The van der Waals surface area contributed by atoms with Crippen LogP contribution in [-0.2, 0) is 14.6 Å². The molecule has 0 unspecified atom stereocenters. The molecule has 0 fully saturated rings. The van der Waals surface area contributed by atoms with E-state index in [2.05, 4.69) is 0 Å². The minimum Gasteiger partial charge on any atom is -0.507 e. The molecule has 0 atom stereocenters. The molecule has 0 aromatic carbocycles. The van der Waals surface area contributed by atoms with E-state index in [4.69, 9.17) is 5.73 Å². The molecule has 0 spiro atoms. The van der Waals surface area contributed by atoms with E-state index in [1.54, 1.807) is 5.38 Å². The quantitative estimate of drug-likeness (QED) is 0.743. The van der Waals surface area contributed by atoms with Crippen LogP contribution in [0.4, 0.5) is 0 Å². The Kier molecular flexibility index (Phi) is 2.09. The summed E-state index contributed by atoms with van der Waals surface area (Å²) in [5.41, 5.74) is 4.90. The molecule has 0 bridgehead atoms. The second-order valence-electron chi connectivity index (χ2n) is 3.07. The van der Waals surface area contributed by atoms with Gasteiger partial charge < -0.3 is 10.8 Å². The number of hydrogen-bond donors (Lipinski definition) is 2. The van der Waals surface area contributed by atoms with Gasteiger partial charge in [-0.1, -0.05) is 0 Å². The number of fused-ring (bicyclic) bond motifs is 1. The Bertz CT molecular complexity index is 567. The Morgan fingerprint density at radius 1 is 1.53 bits per heavy atom. The number of hydrogen-bond acceptors (Lipinski definition) is 5. The Balaban J connectivity index is 2.76. The van der Waals surface area contributed by atoms with Gasteiger partial charge in [-0.05, 0) is 11.4 Å². The van der Waals surface area contributed by atoms with Crippen molar-refractivity contribution in [2.24, 2.45) is 5.73 Å². The van der Waals surface area contributed by atoms with Crippen molar-refractivity contribution in [1.29, 1.82) is 0 Å². The van der Waals surface area contributed by atoms with Gasteiger partial charge in [-0.3, -0.25) is 4.79 Å². The number of primary amides is 1. The lowest BCUT2D eigenvalue weighted by Gasteiger charge is -2.14. The second-order valence-corrected chi connectivity index (χ2v) is 6.17. The lowest BCUT2D eigenvalue weighted by Crippen LogP contribution is -2.25. The van der Waals surface area contributed by atoms with Crippen molar-refractivity contribution >= 4 is 32.8 Å². The maximum Gasteiger partial charge on any atom is 0.249 e. The van der Waals surface area contributed by atoms with Crippen molar-refractivity contribution in [3.05, 3.63) is 22.6 Å². The zero-order valence-electron chi connectivity index (χ0n) is 7.43. The standard InChI is InChI=1S/C8H7NO4S2/c9-7(11)5-3-15(12,13)8-4(6(5)10)1-2-14-8/h1-2,10H,3H2,(H2,9,11). The molecular weight excluding hydrogens is 238 g/mol. The molecule has 7 heteroatoms. The average Bonchev–Trinajstić information content (AvgIpc) is 2.60. The molecule has 0 radical (unpaired) electrons. The number of nitrogens with two attached hydrogens (primary N) is 1. The van der Waals surface area contributed by atoms with Crippen LogP contribution in [0.25, 0.3) is 5.76 Å². The number of sulfone groups is 1. The van der Waals surface area contributed by atoms with Crippen LogP contribution in [0.2, 0.25) is 0 Å². The van der Waals surface area contributed by atoms with Crippen molar-refractivity contribution in [1.82, 2.24) is 0 Å². The van der Waals surface area contributed by atoms with Gasteiger partial charge in [-0.25, -0.2) is 8.42 Å². The van der Waals surface area contributed by atoms with E-state index >= 15 is 0 Å². The van der Waals surface area contributed by atoms with Gasteiger partial charge in [0.05, 0.1) is 11.3 Å². The van der Waals surface area contributed by atoms with Gasteiger partial charge in [0.25, 0.3) is 0 Å². The average molecular weight is 245 g/mol. The molecule has 1 aliphatic heterocycles. The fraction of sp³-hybridized carbons (Fsp3) is 0.125. The third kappa shape index (κ3) is 1.44. The minimum absolute atomic E-state index is 0.0880. The molecule has 1 aliphatic rings. The van der Waals surface area contributed by atoms with Crippen LogP contribution in [0.3, 0.4) is 0 Å². The van der Waals surface area contributed by atoms with Crippen LogP contribution in [0.5, 0.6) is 0 Å². The summed E-state index contributed by atoms with van der Waals surface area (Å²) in [6, 6.07) is 1.45. The predicted octanol–water partition coefficient (Wildman–Crippen LogP) is 0.290. The van der Waals surface area contributed by atoms with E-state index in [0.717, 1.165) is 11.3 Å². The number of thiophene rings is 1. The molecular formula is C8H7NO4S2. The lowest BCUT2D eigenvalue weighted by atomic mass is 10.1. The van der Waals surface area contributed by atoms with Crippen LogP contribution < -0.4 is 5.73 Å². The Labute approximate surface area is 89.8 Å². The number of carbonyl (C=O) groups excluding carboxylic acids is 1. The van der Waals surface area contributed by atoms with E-state index in [0.29, 0.717) is 0 Å². The highest BCUT2D eigenvalue weighted by Gasteiger charge is 2.33. The number of aliphatic hydroxyl groups excluding tert-OH is 1. The Morgan fingerprint density at radius 2 is 2.20 bits per heavy atom. The van der Waals surface area contributed by atoms with E-state index in [-0.39, 0.29) is 21.1 Å². The molecule has 2 rings (SSSR count). The molecule has 3 N–H and O–H groups in total. The second kappa shape index (κ2) is 3.07. The molecule has 15 heavy (non-hydrogen) atoms. The summed E-state index contributed by atoms with van der Waals surface area (Å²) in [5.74, 6) is -1.76. The highest BCUT2D eigenvalue weighted by molar-refractivity contribution is 7.93. The van der Waals surface area contributed by atoms with Crippen LogP contribution in [0, 0.1) is 0 Å². The van der Waals surface area contributed by atoms with Crippen molar-refractivity contribution < 1.29 is 18.3 Å². The first kappa shape index (κ1) is 10.2. The summed E-state index contributed by atoms with van der Waals surface area (Å²) < 4.78 is 23.4. The molecule has 0 saturated heterocycles. The van der Waals surface area contributed by atoms with Gasteiger partial charge in [0, 0.05) is 5.56 Å². The first-order valence-corrected chi connectivity index (χ1v) is 6.49. The normalized spacial score (nSPS) is 18.7. The number of carbonyl (C=O) groups is 1. The maximum absolute atomic E-state index is 11.7. The first-order chi connectivity index (χ1) is 6.93. The van der Waals surface area contributed by atoms with Gasteiger partial charge >= 0.3 is 0 Å². The predicted molar refractivity (Wildman–Crippen MR) is 55.1 cm³/mol. The molecule has 0 saturated carbocycles. The third-order valence-corrected chi connectivity index (χ3v) is 5.30. The van der Waals surface area contributed by atoms with E-state index in [9.17, 15) is 18.3 Å². The van der Waals surface area contributed by atoms with Crippen molar-refractivity contribution in [2.45, 2.75) is 4.21 Å². The summed E-state index contributed by atoms with van der Waals surface area (Å²) in [6.45, 7) is 0. The van der Waals surface area contributed by atoms with Crippen LogP contribution in [0.1, 0.15) is 5.56 Å². The zero-order valence-corrected chi connectivity index (χ0v) is 9.06. The minimum atomic E-state index is -3.53. The lowest BCUT2D eigenvalue weighted by molar-refractivity contribution is -0.114. The number of aliphatic hydroxyl groups is 1. The van der Waals surface area contributed by atoms with Crippen LogP contribution >= 0.6 is 11.3 Å². The fourth-order valence-electron chi connectivity index (χ4n) is 1.39. The largest absolute Gasteiger partial charge is 0.507 e. The molecule has 2 heterocycles. The van der Waals surface area contributed by atoms with Crippen molar-refractivity contribution in [2.75, 3.05) is 5.75 Å². The van der Waals surface area contributed by atoms with Gasteiger partial charge in [0.2, 0.25) is 5.91 Å². The Hall–Kier alpha value is -1.34. The van der Waals surface area contributed by atoms with Gasteiger partial charge in [0.1, 0.15) is 9.97 Å². The Morgan fingerprint density at radius 3 is 2.80 bits per heavy atom. The highest BCUT2D eigenvalue weighted by atomic mass is 32.2.